The molecule has 9 heavy (non-hydrogen) atoms. The molecule has 0 aromatic carbocycles. The van der Waals surface area contributed by atoms with Gasteiger partial charge in [-0.1, -0.05) is 4.68 Å². The molecule has 0 fully saturated rings. The second-order valence-electron chi connectivity index (χ2n) is 1.56. The van der Waals surface area contributed by atoms with Gasteiger partial charge in [0, 0.05) is 0 Å². The molecule has 50 valence electrons. The maximum atomic E-state index is 10.5. The fourth-order valence-corrected chi connectivity index (χ4v) is 0.756. The van der Waals surface area contributed by atoms with Crippen LogP contribution in [0.4, 0.5) is 0 Å². The minimum Gasteiger partial charge on any atom is -0.539 e. The van der Waals surface area contributed by atoms with Crippen molar-refractivity contribution in [2.24, 2.45) is 7.05 Å². The van der Waals surface area contributed by atoms with Gasteiger partial charge >= 0.3 is 0 Å². The molecule has 4 nitrogen and oxygen atoms in total. The van der Waals surface area contributed by atoms with E-state index in [4.69, 9.17) is 11.6 Å². The van der Waals surface area contributed by atoms with Gasteiger partial charge in [0.15, 0.2) is 13.0 Å². The molecular weight excluding hydrogens is 144 g/mol. The first-order valence-electron chi connectivity index (χ1n) is 2.33. The van der Waals surface area contributed by atoms with E-state index in [1.807, 2.05) is 0 Å². The summed E-state index contributed by atoms with van der Waals surface area (Å²) < 4.78 is 5.57. The first kappa shape index (κ1) is 6.35. The van der Waals surface area contributed by atoms with Crippen molar-refractivity contribution in [3.8, 4) is 5.95 Å². The van der Waals surface area contributed by atoms with Gasteiger partial charge in [0.2, 0.25) is 5.69 Å². The first-order valence-corrected chi connectivity index (χ1v) is 2.87. The predicted octanol–water partition coefficient (Wildman–Crippen LogP) is -0.689. The molecule has 0 N–H and O–H groups in total. The van der Waals surface area contributed by atoms with Gasteiger partial charge in [0.05, 0.1) is 5.27 Å². The average molecular weight is 149 g/mol. The first-order chi connectivity index (χ1) is 4.25. The molecule has 0 aliphatic carbocycles. The van der Waals surface area contributed by atoms with Gasteiger partial charge in [-0.15, -0.1) is 11.6 Å². The monoisotopic (exact) mass is 148 g/mol. The van der Waals surface area contributed by atoms with E-state index in [0.717, 1.165) is 0 Å². The lowest BCUT2D eigenvalue weighted by Gasteiger charge is -1.85. The van der Waals surface area contributed by atoms with Crippen LogP contribution in [0.2, 0.25) is 0 Å². The molecule has 0 atom stereocenters. The summed E-state index contributed by atoms with van der Waals surface area (Å²) in [5.41, 5.74) is 0.372. The highest BCUT2D eigenvalue weighted by Gasteiger charge is 2.09. The minimum absolute atomic E-state index is 0.138. The van der Waals surface area contributed by atoms with Gasteiger partial charge < -0.3 is 9.63 Å². The van der Waals surface area contributed by atoms with Crippen LogP contribution in [0.3, 0.4) is 0 Å². The fraction of sp³-hybridized carbons (Fsp3) is 0.500. The predicted molar refractivity (Wildman–Crippen MR) is 26.7 cm³/mol. The molecule has 0 aliphatic rings. The molecule has 0 aliphatic heterocycles. The number of hydrogen-bond acceptors (Lipinski definition) is 3. The molecule has 0 saturated carbocycles. The molecular formula is C4H5ClN2O2. The Labute approximate surface area is 56.6 Å². The fourth-order valence-electron chi connectivity index (χ4n) is 0.473. The van der Waals surface area contributed by atoms with Crippen molar-refractivity contribution in [1.82, 2.24) is 5.27 Å². The van der Waals surface area contributed by atoms with E-state index in [2.05, 4.69) is 9.79 Å². The third-order valence-electron chi connectivity index (χ3n) is 0.999. The Balaban J connectivity index is 3.07. The average Bonchev–Trinajstić information content (AvgIpc) is 2.12. The normalized spacial score (nSPS) is 10.0. The number of aromatic nitrogens is 2. The molecule has 0 unspecified atom stereocenters. The smallest absolute Gasteiger partial charge is 0.247 e. The van der Waals surface area contributed by atoms with E-state index in [-0.39, 0.29) is 5.88 Å². The zero-order chi connectivity index (χ0) is 6.85. The van der Waals surface area contributed by atoms with Crippen LogP contribution in [0.5, 0.6) is 5.95 Å². The summed E-state index contributed by atoms with van der Waals surface area (Å²) in [6, 6.07) is 0. The van der Waals surface area contributed by atoms with Gasteiger partial charge in [-0.05, 0) is 0 Å². The van der Waals surface area contributed by atoms with Crippen LogP contribution in [0.1, 0.15) is 5.69 Å². The van der Waals surface area contributed by atoms with Crippen molar-refractivity contribution in [2.45, 2.75) is 5.88 Å². The maximum absolute atomic E-state index is 10.5. The highest BCUT2D eigenvalue weighted by Crippen LogP contribution is 2.07. The second-order valence-corrected chi connectivity index (χ2v) is 1.83. The Kier molecular flexibility index (Phi) is 1.57. The lowest BCUT2D eigenvalue weighted by atomic mass is 10.5. The van der Waals surface area contributed by atoms with E-state index < -0.39 is 5.95 Å². The maximum Gasteiger partial charge on any atom is 0.247 e. The number of rotatable bonds is 1. The lowest BCUT2D eigenvalue weighted by molar-refractivity contribution is -0.745. The van der Waals surface area contributed by atoms with Crippen molar-refractivity contribution < 1.29 is 14.3 Å². The molecule has 1 rings (SSSR count). The summed E-state index contributed by atoms with van der Waals surface area (Å²) in [6.07, 6.45) is 0. The van der Waals surface area contributed by atoms with Gasteiger partial charge in [-0.3, -0.25) is 0 Å². The molecule has 0 bridgehead atoms. The molecule has 0 amide bonds. The van der Waals surface area contributed by atoms with Gasteiger partial charge in [0.25, 0.3) is 0 Å². The zero-order valence-electron chi connectivity index (χ0n) is 4.80. The van der Waals surface area contributed by atoms with E-state index >= 15 is 0 Å². The molecule has 0 saturated heterocycles. The van der Waals surface area contributed by atoms with Crippen molar-refractivity contribution >= 4 is 11.6 Å². The van der Waals surface area contributed by atoms with Crippen LogP contribution in [-0.2, 0) is 12.9 Å². The van der Waals surface area contributed by atoms with Gasteiger partial charge in [0.1, 0.15) is 5.88 Å². The largest absolute Gasteiger partial charge is 0.539 e. The lowest BCUT2D eigenvalue weighted by Crippen LogP contribution is -2.33. The van der Waals surface area contributed by atoms with Gasteiger partial charge in [-0.2, -0.15) is 0 Å². The van der Waals surface area contributed by atoms with Crippen LogP contribution in [0, 0.1) is 0 Å². The quantitative estimate of drug-likeness (QED) is 0.391. The number of halogens is 1. The van der Waals surface area contributed by atoms with Gasteiger partial charge in [-0.25, -0.2) is 0 Å². The van der Waals surface area contributed by atoms with Crippen LogP contribution in [-0.4, -0.2) is 5.27 Å². The third kappa shape index (κ3) is 0.977. The van der Waals surface area contributed by atoms with Crippen molar-refractivity contribution in [3.05, 3.63) is 5.69 Å². The van der Waals surface area contributed by atoms with Crippen LogP contribution in [0.25, 0.3) is 0 Å². The van der Waals surface area contributed by atoms with E-state index in [0.29, 0.717) is 5.69 Å². The highest BCUT2D eigenvalue weighted by atomic mass is 35.5. The molecule has 5 heteroatoms. The van der Waals surface area contributed by atoms with Crippen LogP contribution < -0.4 is 9.79 Å². The summed E-state index contributed by atoms with van der Waals surface area (Å²) in [5.74, 6) is -0.328. The Morgan fingerprint density at radius 1 is 1.89 bits per heavy atom. The van der Waals surface area contributed by atoms with E-state index in [1.54, 1.807) is 7.05 Å². The van der Waals surface area contributed by atoms with E-state index in [9.17, 15) is 5.11 Å². The van der Waals surface area contributed by atoms with Crippen LogP contribution in [0.15, 0.2) is 4.52 Å². The number of alkyl halides is 1. The summed E-state index contributed by atoms with van der Waals surface area (Å²) in [4.78, 5) is 0. The van der Waals surface area contributed by atoms with Crippen molar-refractivity contribution in [3.63, 3.8) is 0 Å². The Morgan fingerprint density at radius 2 is 2.56 bits per heavy atom. The summed E-state index contributed by atoms with van der Waals surface area (Å²) in [7, 11) is 1.60. The van der Waals surface area contributed by atoms with Crippen molar-refractivity contribution in [1.29, 1.82) is 0 Å². The molecule has 0 spiro atoms. The molecule has 1 aromatic heterocycles. The molecule has 0 radical (unpaired) electrons. The van der Waals surface area contributed by atoms with E-state index in [1.165, 1.54) is 4.68 Å². The summed E-state index contributed by atoms with van der Waals surface area (Å²) in [6.45, 7) is 0. The topological polar surface area (TPSA) is 53.0 Å². The SMILES string of the molecule is C[n+]1noc([O-])c1CCl. The second kappa shape index (κ2) is 2.23. The highest BCUT2D eigenvalue weighted by molar-refractivity contribution is 6.16. The third-order valence-corrected chi connectivity index (χ3v) is 1.25. The Bertz CT molecular complexity index is 191. The zero-order valence-corrected chi connectivity index (χ0v) is 5.55. The van der Waals surface area contributed by atoms with Crippen LogP contribution >= 0.6 is 11.6 Å². The summed E-state index contributed by atoms with van der Waals surface area (Å²) in [5, 5.41) is 13.9. The Hall–Kier alpha value is -0.770. The van der Waals surface area contributed by atoms with Crippen molar-refractivity contribution in [2.75, 3.05) is 0 Å². The molecule has 1 heterocycles. The number of nitrogens with zero attached hydrogens (tertiary/aromatic N) is 2. The standard InChI is InChI=1S/C4H5ClN2O2/c1-7-3(2-5)4(8)9-6-7/h2H2,1H3. The Morgan fingerprint density at radius 3 is 2.78 bits per heavy atom. The molecule has 1 aromatic rings. The number of aryl methyl sites for hydroxylation is 1. The summed E-state index contributed by atoms with van der Waals surface area (Å²) >= 11 is 5.36. The number of hydrogen-bond donors (Lipinski definition) is 0. The minimum atomic E-state index is -0.465.